The van der Waals surface area contributed by atoms with E-state index in [1.54, 1.807) is 19.1 Å². The van der Waals surface area contributed by atoms with E-state index in [4.69, 9.17) is 4.74 Å². The molecule has 0 unspecified atom stereocenters. The average Bonchev–Trinajstić information content (AvgIpc) is 2.38. The fourth-order valence-electron chi connectivity index (χ4n) is 1.93. The molecule has 0 saturated carbocycles. The molecule has 2 rings (SSSR count). The monoisotopic (exact) mass is 259 g/mol. The minimum Gasteiger partial charge on any atom is -0.496 e. The minimum atomic E-state index is -0.470. The summed E-state index contributed by atoms with van der Waals surface area (Å²) in [5.41, 5.74) is 2.11. The molecule has 0 aliphatic rings. The molecule has 1 aromatic carbocycles. The SMILES string of the molecule is COc1ccc(F)cc1C(=O)c1ccc(C)nc1C. The van der Waals surface area contributed by atoms with Crippen LogP contribution in [0.2, 0.25) is 0 Å². The van der Waals surface area contributed by atoms with Gasteiger partial charge in [0.05, 0.1) is 12.7 Å². The van der Waals surface area contributed by atoms with Crippen LogP contribution in [0, 0.1) is 19.7 Å². The Labute approximate surface area is 111 Å². The van der Waals surface area contributed by atoms with Crippen molar-refractivity contribution in [2.24, 2.45) is 0 Å². The van der Waals surface area contributed by atoms with Gasteiger partial charge in [0.25, 0.3) is 0 Å². The third kappa shape index (κ3) is 2.62. The zero-order chi connectivity index (χ0) is 14.0. The van der Waals surface area contributed by atoms with E-state index in [-0.39, 0.29) is 11.3 Å². The maximum absolute atomic E-state index is 13.3. The summed E-state index contributed by atoms with van der Waals surface area (Å²) in [6, 6.07) is 7.34. The quantitative estimate of drug-likeness (QED) is 0.795. The third-order valence-electron chi connectivity index (χ3n) is 2.88. The summed E-state index contributed by atoms with van der Waals surface area (Å²) in [7, 11) is 1.45. The van der Waals surface area contributed by atoms with Crippen molar-refractivity contribution in [2.45, 2.75) is 13.8 Å². The summed E-state index contributed by atoms with van der Waals surface area (Å²) >= 11 is 0. The van der Waals surface area contributed by atoms with Crippen molar-refractivity contribution in [3.8, 4) is 5.75 Å². The van der Waals surface area contributed by atoms with Gasteiger partial charge in [-0.3, -0.25) is 9.78 Å². The number of ketones is 1. The maximum Gasteiger partial charge on any atom is 0.198 e. The van der Waals surface area contributed by atoms with E-state index in [0.29, 0.717) is 17.0 Å². The molecular formula is C15H14FNO2. The molecule has 1 heterocycles. The van der Waals surface area contributed by atoms with Crippen LogP contribution >= 0.6 is 0 Å². The highest BCUT2D eigenvalue weighted by molar-refractivity contribution is 6.11. The largest absolute Gasteiger partial charge is 0.496 e. The Balaban J connectivity index is 2.52. The van der Waals surface area contributed by atoms with Crippen LogP contribution in [0.15, 0.2) is 30.3 Å². The Kier molecular flexibility index (Phi) is 3.60. The van der Waals surface area contributed by atoms with Crippen molar-refractivity contribution in [3.63, 3.8) is 0 Å². The second kappa shape index (κ2) is 5.18. The number of carbonyl (C=O) groups is 1. The second-order valence-corrected chi connectivity index (χ2v) is 4.26. The normalized spacial score (nSPS) is 10.3. The standard InChI is InChI=1S/C15H14FNO2/c1-9-4-6-12(10(2)17-9)15(18)13-8-11(16)5-7-14(13)19-3/h4-8H,1-3H3. The molecular weight excluding hydrogens is 245 g/mol. The molecule has 2 aromatic rings. The first-order chi connectivity index (χ1) is 9.02. The van der Waals surface area contributed by atoms with Gasteiger partial charge < -0.3 is 4.74 Å². The van der Waals surface area contributed by atoms with Crippen LogP contribution in [0.1, 0.15) is 27.3 Å². The molecule has 3 nitrogen and oxygen atoms in total. The lowest BCUT2D eigenvalue weighted by Crippen LogP contribution is -2.08. The van der Waals surface area contributed by atoms with Crippen molar-refractivity contribution < 1.29 is 13.9 Å². The molecule has 4 heteroatoms. The van der Waals surface area contributed by atoms with Gasteiger partial charge in [0.15, 0.2) is 5.78 Å². The summed E-state index contributed by atoms with van der Waals surface area (Å²) in [5.74, 6) is -0.408. The first kappa shape index (κ1) is 13.2. The number of pyridine rings is 1. The van der Waals surface area contributed by atoms with Gasteiger partial charge in [-0.1, -0.05) is 0 Å². The molecule has 0 radical (unpaired) electrons. The van der Waals surface area contributed by atoms with Gasteiger partial charge in [0, 0.05) is 17.0 Å². The summed E-state index contributed by atoms with van der Waals surface area (Å²) in [6.07, 6.45) is 0. The van der Waals surface area contributed by atoms with E-state index in [1.165, 1.54) is 25.3 Å². The van der Waals surface area contributed by atoms with Crippen LogP contribution in [-0.4, -0.2) is 17.9 Å². The van der Waals surface area contributed by atoms with Crippen molar-refractivity contribution in [2.75, 3.05) is 7.11 Å². The first-order valence-corrected chi connectivity index (χ1v) is 5.85. The number of aryl methyl sites for hydroxylation is 2. The Morgan fingerprint density at radius 3 is 2.53 bits per heavy atom. The first-order valence-electron chi connectivity index (χ1n) is 5.85. The van der Waals surface area contributed by atoms with Crippen LogP contribution in [0.4, 0.5) is 4.39 Å². The predicted molar refractivity (Wildman–Crippen MR) is 70.1 cm³/mol. The van der Waals surface area contributed by atoms with E-state index < -0.39 is 5.82 Å². The van der Waals surface area contributed by atoms with Crippen molar-refractivity contribution >= 4 is 5.78 Å². The highest BCUT2D eigenvalue weighted by Gasteiger charge is 2.17. The molecule has 0 saturated heterocycles. The summed E-state index contributed by atoms with van der Waals surface area (Å²) < 4.78 is 18.4. The van der Waals surface area contributed by atoms with Gasteiger partial charge in [-0.25, -0.2) is 4.39 Å². The number of aromatic nitrogens is 1. The Hall–Kier alpha value is -2.23. The fourth-order valence-corrected chi connectivity index (χ4v) is 1.93. The van der Waals surface area contributed by atoms with Gasteiger partial charge in [-0.15, -0.1) is 0 Å². The van der Waals surface area contributed by atoms with Crippen LogP contribution in [-0.2, 0) is 0 Å². The molecule has 0 aliphatic heterocycles. The zero-order valence-electron chi connectivity index (χ0n) is 11.0. The number of benzene rings is 1. The highest BCUT2D eigenvalue weighted by Crippen LogP contribution is 2.23. The number of ether oxygens (including phenoxy) is 1. The van der Waals surface area contributed by atoms with Crippen molar-refractivity contribution in [1.29, 1.82) is 0 Å². The van der Waals surface area contributed by atoms with E-state index >= 15 is 0 Å². The van der Waals surface area contributed by atoms with Crippen LogP contribution in [0.25, 0.3) is 0 Å². The smallest absolute Gasteiger partial charge is 0.198 e. The second-order valence-electron chi connectivity index (χ2n) is 4.26. The zero-order valence-corrected chi connectivity index (χ0v) is 11.0. The number of methoxy groups -OCH3 is 1. The average molecular weight is 259 g/mol. The van der Waals surface area contributed by atoms with Crippen molar-refractivity contribution in [3.05, 3.63) is 58.7 Å². The molecule has 98 valence electrons. The number of hydrogen-bond acceptors (Lipinski definition) is 3. The number of hydrogen-bond donors (Lipinski definition) is 0. The molecule has 0 N–H and O–H groups in total. The maximum atomic E-state index is 13.3. The van der Waals surface area contributed by atoms with Gasteiger partial charge >= 0.3 is 0 Å². The van der Waals surface area contributed by atoms with Crippen LogP contribution in [0.3, 0.4) is 0 Å². The van der Waals surface area contributed by atoms with E-state index in [9.17, 15) is 9.18 Å². The topological polar surface area (TPSA) is 39.2 Å². The van der Waals surface area contributed by atoms with Crippen LogP contribution in [0.5, 0.6) is 5.75 Å². The molecule has 0 aliphatic carbocycles. The molecule has 19 heavy (non-hydrogen) atoms. The lowest BCUT2D eigenvalue weighted by molar-refractivity contribution is 0.103. The Morgan fingerprint density at radius 2 is 1.89 bits per heavy atom. The molecule has 0 fully saturated rings. The highest BCUT2D eigenvalue weighted by atomic mass is 19.1. The van der Waals surface area contributed by atoms with Crippen LogP contribution < -0.4 is 4.74 Å². The lowest BCUT2D eigenvalue weighted by atomic mass is 10.0. The number of rotatable bonds is 3. The Bertz CT molecular complexity index is 638. The van der Waals surface area contributed by atoms with E-state index in [2.05, 4.69) is 4.98 Å². The number of halogens is 1. The van der Waals surface area contributed by atoms with Gasteiger partial charge in [-0.2, -0.15) is 0 Å². The van der Waals surface area contributed by atoms with E-state index in [0.717, 1.165) is 5.69 Å². The Morgan fingerprint density at radius 1 is 1.16 bits per heavy atom. The molecule has 0 spiro atoms. The molecule has 0 atom stereocenters. The summed E-state index contributed by atoms with van der Waals surface area (Å²) in [4.78, 5) is 16.7. The third-order valence-corrected chi connectivity index (χ3v) is 2.88. The lowest BCUT2D eigenvalue weighted by Gasteiger charge is -2.09. The molecule has 0 bridgehead atoms. The fraction of sp³-hybridized carbons (Fsp3) is 0.200. The van der Waals surface area contributed by atoms with Crippen molar-refractivity contribution in [1.82, 2.24) is 4.98 Å². The van der Waals surface area contributed by atoms with Gasteiger partial charge in [0.1, 0.15) is 11.6 Å². The van der Waals surface area contributed by atoms with Gasteiger partial charge in [0.2, 0.25) is 0 Å². The minimum absolute atomic E-state index is 0.205. The van der Waals surface area contributed by atoms with E-state index in [1.807, 2.05) is 6.92 Å². The summed E-state index contributed by atoms with van der Waals surface area (Å²) in [5, 5.41) is 0. The number of nitrogens with zero attached hydrogens (tertiary/aromatic N) is 1. The number of carbonyl (C=O) groups excluding carboxylic acids is 1. The van der Waals surface area contributed by atoms with Gasteiger partial charge in [-0.05, 0) is 44.2 Å². The predicted octanol–water partition coefficient (Wildman–Crippen LogP) is 3.08. The molecule has 0 amide bonds. The molecule has 1 aromatic heterocycles. The summed E-state index contributed by atoms with van der Waals surface area (Å²) in [6.45, 7) is 3.61.